The Morgan fingerprint density at radius 3 is 2.66 bits per heavy atom. The van der Waals surface area contributed by atoms with E-state index in [0.717, 1.165) is 22.3 Å². The number of halogens is 1. The van der Waals surface area contributed by atoms with E-state index in [1.165, 1.54) is 6.33 Å². The number of carbonyl (C=O) groups excluding carboxylic acids is 1. The molecule has 4 aromatic rings. The molecule has 29 heavy (non-hydrogen) atoms. The average molecular weight is 407 g/mol. The van der Waals surface area contributed by atoms with Crippen LogP contribution in [0, 0.1) is 0 Å². The predicted molar refractivity (Wildman–Crippen MR) is 114 cm³/mol. The summed E-state index contributed by atoms with van der Waals surface area (Å²) >= 11 is 6.15. The first-order valence-corrected chi connectivity index (χ1v) is 9.22. The minimum atomic E-state index is -0.264. The Bertz CT molecular complexity index is 1190. The van der Waals surface area contributed by atoms with Crippen LogP contribution >= 0.6 is 11.6 Å². The van der Waals surface area contributed by atoms with E-state index in [1.807, 2.05) is 48.7 Å². The summed E-state index contributed by atoms with van der Waals surface area (Å²) in [5.74, 6) is -0.0382. The molecule has 0 saturated heterocycles. The van der Waals surface area contributed by atoms with Crippen LogP contribution in [0.4, 0.5) is 5.69 Å². The van der Waals surface area contributed by atoms with E-state index in [1.54, 1.807) is 4.90 Å². The third kappa shape index (κ3) is 3.21. The highest BCUT2D eigenvalue weighted by Gasteiger charge is 2.29. The van der Waals surface area contributed by atoms with Crippen molar-refractivity contribution in [3.05, 3.63) is 77.8 Å². The maximum absolute atomic E-state index is 13.1. The number of para-hydroxylation sites is 1. The summed E-state index contributed by atoms with van der Waals surface area (Å²) in [7, 11) is 0. The van der Waals surface area contributed by atoms with E-state index in [4.69, 9.17) is 16.3 Å². The number of rotatable bonds is 2. The average Bonchev–Trinajstić information content (AvgIpc) is 3.06. The quantitative estimate of drug-likeness (QED) is 0.451. The zero-order valence-electron chi connectivity index (χ0n) is 14.7. The summed E-state index contributed by atoms with van der Waals surface area (Å²) in [4.78, 5) is 22.7. The van der Waals surface area contributed by atoms with Gasteiger partial charge in [-0.3, -0.25) is 4.79 Å². The Balaban J connectivity index is 0.00000205. The fourth-order valence-corrected chi connectivity index (χ4v) is 3.67. The largest absolute Gasteiger partial charge is 0.475 e. The van der Waals surface area contributed by atoms with Crippen LogP contribution in [0.3, 0.4) is 0 Å². The number of amides is 1. The molecule has 0 atom stereocenters. The number of aromatic nitrogens is 3. The van der Waals surface area contributed by atoms with Gasteiger partial charge in [-0.1, -0.05) is 37.2 Å². The molecule has 0 N–H and O–H groups in total. The number of carbonyl (C=O) groups is 1. The zero-order chi connectivity index (χ0) is 19.1. The highest BCUT2D eigenvalue weighted by Crippen LogP contribution is 2.31. The lowest BCUT2D eigenvalue weighted by molar-refractivity contribution is 0.0989. The number of nitrogens with zero attached hydrogens (tertiary/aromatic N) is 4. The third-order valence-electron chi connectivity index (χ3n) is 4.80. The minimum Gasteiger partial charge on any atom is -0.475 e. The van der Waals surface area contributed by atoms with Gasteiger partial charge in [0.2, 0.25) is 5.88 Å². The normalized spacial score (nSPS) is 13.4. The lowest BCUT2D eigenvalue weighted by Crippen LogP contribution is -2.32. The van der Waals surface area contributed by atoms with Gasteiger partial charge in [0, 0.05) is 23.0 Å². The molecule has 0 unspecified atom stereocenters. The highest BCUT2D eigenvalue weighted by atomic mass is 35.5. The van der Waals surface area contributed by atoms with E-state index in [-0.39, 0.29) is 29.9 Å². The molecule has 6 nitrogen and oxygen atoms in total. The van der Waals surface area contributed by atoms with Crippen molar-refractivity contribution in [1.29, 1.82) is 0 Å². The van der Waals surface area contributed by atoms with Gasteiger partial charge in [0.05, 0.1) is 12.1 Å². The van der Waals surface area contributed by atoms with Gasteiger partial charge in [-0.15, -0.1) is 0 Å². The SMILES string of the molecule is C.O=C1c2c(Cl)ncnc2OCCN1c1ccc2c(ccn2-c2ccccc2)c1. The maximum Gasteiger partial charge on any atom is 0.267 e. The molecule has 0 bridgehead atoms. The monoisotopic (exact) mass is 406 g/mol. The molecule has 0 saturated carbocycles. The summed E-state index contributed by atoms with van der Waals surface area (Å²) in [5.41, 5.74) is 3.13. The van der Waals surface area contributed by atoms with Crippen molar-refractivity contribution >= 4 is 34.1 Å². The van der Waals surface area contributed by atoms with Crippen molar-refractivity contribution in [2.75, 3.05) is 18.1 Å². The molecule has 1 aliphatic heterocycles. The second-order valence-electron chi connectivity index (χ2n) is 6.41. The van der Waals surface area contributed by atoms with Crippen LogP contribution in [-0.4, -0.2) is 33.6 Å². The molecule has 3 heterocycles. The van der Waals surface area contributed by atoms with Crippen LogP contribution in [-0.2, 0) is 0 Å². The molecular formula is C22H19ClN4O2. The standard InChI is InChI=1S/C21H15ClN4O2.CH4/c22-19-18-20(24-13-23-19)28-11-10-26(21(18)27)16-6-7-17-14(12-16)8-9-25(17)15-4-2-1-3-5-15;/h1-9,12-13H,10-11H2;1H4. The molecule has 0 fully saturated rings. The second-order valence-corrected chi connectivity index (χ2v) is 6.77. The molecule has 2 aromatic heterocycles. The first kappa shape index (κ1) is 19.0. The van der Waals surface area contributed by atoms with Crippen molar-refractivity contribution in [2.24, 2.45) is 0 Å². The fraction of sp³-hybridized carbons (Fsp3) is 0.136. The van der Waals surface area contributed by atoms with E-state index in [2.05, 4.69) is 26.7 Å². The fourth-order valence-electron chi connectivity index (χ4n) is 3.47. The summed E-state index contributed by atoms with van der Waals surface area (Å²) in [6.45, 7) is 0.728. The summed E-state index contributed by atoms with van der Waals surface area (Å²) < 4.78 is 7.72. The van der Waals surface area contributed by atoms with Crippen LogP contribution in [0.1, 0.15) is 17.8 Å². The predicted octanol–water partition coefficient (Wildman–Crippen LogP) is 4.75. The lowest BCUT2D eigenvalue weighted by atomic mass is 10.2. The molecule has 0 spiro atoms. The third-order valence-corrected chi connectivity index (χ3v) is 5.09. The number of fused-ring (bicyclic) bond motifs is 2. The van der Waals surface area contributed by atoms with E-state index in [9.17, 15) is 4.79 Å². The molecule has 0 radical (unpaired) electrons. The topological polar surface area (TPSA) is 60.2 Å². The Hall–Kier alpha value is -3.38. The Kier molecular flexibility index (Phi) is 4.94. The molecule has 0 aliphatic carbocycles. The Labute approximate surface area is 173 Å². The molecule has 2 aromatic carbocycles. The second kappa shape index (κ2) is 7.56. The van der Waals surface area contributed by atoms with Crippen LogP contribution < -0.4 is 9.64 Å². The van der Waals surface area contributed by atoms with Crippen molar-refractivity contribution in [3.8, 4) is 11.6 Å². The first-order valence-electron chi connectivity index (χ1n) is 8.84. The summed E-state index contributed by atoms with van der Waals surface area (Å²) in [6.07, 6.45) is 3.32. The smallest absolute Gasteiger partial charge is 0.267 e. The van der Waals surface area contributed by atoms with E-state index in [0.29, 0.717) is 13.2 Å². The van der Waals surface area contributed by atoms with Gasteiger partial charge in [0.25, 0.3) is 5.91 Å². The van der Waals surface area contributed by atoms with Crippen molar-refractivity contribution < 1.29 is 9.53 Å². The van der Waals surface area contributed by atoms with E-state index >= 15 is 0 Å². The molecule has 1 amide bonds. The van der Waals surface area contributed by atoms with Gasteiger partial charge in [-0.2, -0.15) is 0 Å². The van der Waals surface area contributed by atoms with Gasteiger partial charge in [-0.05, 0) is 36.4 Å². The number of anilines is 1. The van der Waals surface area contributed by atoms with Gasteiger partial charge in [0.1, 0.15) is 23.7 Å². The Morgan fingerprint density at radius 2 is 1.83 bits per heavy atom. The van der Waals surface area contributed by atoms with E-state index < -0.39 is 0 Å². The van der Waals surface area contributed by atoms with Gasteiger partial charge >= 0.3 is 0 Å². The van der Waals surface area contributed by atoms with Crippen molar-refractivity contribution in [2.45, 2.75) is 7.43 Å². The van der Waals surface area contributed by atoms with Gasteiger partial charge < -0.3 is 14.2 Å². The molecule has 5 rings (SSSR count). The van der Waals surface area contributed by atoms with Crippen LogP contribution in [0.25, 0.3) is 16.6 Å². The summed E-state index contributed by atoms with van der Waals surface area (Å²) in [5, 5.41) is 1.13. The maximum atomic E-state index is 13.1. The summed E-state index contributed by atoms with van der Waals surface area (Å²) in [6, 6.07) is 18.1. The van der Waals surface area contributed by atoms with Gasteiger partial charge in [-0.25, -0.2) is 9.97 Å². The zero-order valence-corrected chi connectivity index (χ0v) is 15.5. The molecule has 1 aliphatic rings. The van der Waals surface area contributed by atoms with Crippen LogP contribution in [0.2, 0.25) is 5.15 Å². The number of hydrogen-bond donors (Lipinski definition) is 0. The molecule has 146 valence electrons. The van der Waals surface area contributed by atoms with Crippen LogP contribution in [0.15, 0.2) is 67.1 Å². The highest BCUT2D eigenvalue weighted by molar-refractivity contribution is 6.33. The van der Waals surface area contributed by atoms with Crippen molar-refractivity contribution in [1.82, 2.24) is 14.5 Å². The number of ether oxygens (including phenoxy) is 1. The molecule has 7 heteroatoms. The first-order chi connectivity index (χ1) is 13.7. The minimum absolute atomic E-state index is 0. The van der Waals surface area contributed by atoms with Gasteiger partial charge in [0.15, 0.2) is 0 Å². The van der Waals surface area contributed by atoms with Crippen molar-refractivity contribution in [3.63, 3.8) is 0 Å². The number of benzene rings is 2. The lowest BCUT2D eigenvalue weighted by Gasteiger charge is -2.20. The Morgan fingerprint density at radius 1 is 1.00 bits per heavy atom. The molecular weight excluding hydrogens is 388 g/mol. The number of hydrogen-bond acceptors (Lipinski definition) is 4. The van der Waals surface area contributed by atoms with Crippen LogP contribution in [0.5, 0.6) is 5.88 Å².